The molecule has 0 bridgehead atoms. The largest absolute Gasteiger partial charge is 0.496 e. The van der Waals surface area contributed by atoms with E-state index in [1.54, 1.807) is 7.11 Å². The van der Waals surface area contributed by atoms with E-state index in [2.05, 4.69) is 11.8 Å². The summed E-state index contributed by atoms with van der Waals surface area (Å²) in [7, 11) is 1.68. The van der Waals surface area contributed by atoms with Crippen LogP contribution in [0.1, 0.15) is 18.1 Å². The topological polar surface area (TPSA) is 47.7 Å². The zero-order valence-corrected chi connectivity index (χ0v) is 12.2. The van der Waals surface area contributed by atoms with E-state index in [-0.39, 0.29) is 0 Å². The molecule has 0 aliphatic carbocycles. The third kappa shape index (κ3) is 3.43. The first kappa shape index (κ1) is 14.2. The van der Waals surface area contributed by atoms with E-state index in [0.29, 0.717) is 11.0 Å². The normalized spacial score (nSPS) is 20.2. The molecule has 0 aromatic heterocycles. The van der Waals surface area contributed by atoms with Crippen LogP contribution in [0.5, 0.6) is 5.75 Å². The van der Waals surface area contributed by atoms with Gasteiger partial charge in [0.1, 0.15) is 10.7 Å². The first-order valence-electron chi connectivity index (χ1n) is 6.40. The summed E-state index contributed by atoms with van der Waals surface area (Å²) in [4.78, 5) is 2.80. The predicted octanol–water partition coefficient (Wildman–Crippen LogP) is 1.55. The van der Waals surface area contributed by atoms with Crippen LogP contribution in [0.25, 0.3) is 0 Å². The Labute approximate surface area is 119 Å². The number of nitrogens with two attached hydrogens (primary N) is 1. The Morgan fingerprint density at radius 3 is 3.00 bits per heavy atom. The van der Waals surface area contributed by atoms with Gasteiger partial charge in [-0.1, -0.05) is 12.2 Å². The molecule has 0 amide bonds. The molecule has 1 saturated heterocycles. The van der Waals surface area contributed by atoms with Crippen LogP contribution in [0, 0.1) is 0 Å². The van der Waals surface area contributed by atoms with Gasteiger partial charge in [-0.2, -0.15) is 0 Å². The minimum atomic E-state index is 0.409. The number of methoxy groups -OCH3 is 1. The first-order chi connectivity index (χ1) is 9.11. The maximum atomic E-state index is 5.69. The number of nitrogens with zero attached hydrogens (tertiary/aromatic N) is 1. The van der Waals surface area contributed by atoms with Gasteiger partial charge in [0.25, 0.3) is 0 Å². The Balaban J connectivity index is 2.21. The van der Waals surface area contributed by atoms with Crippen LogP contribution in [0.2, 0.25) is 0 Å². The van der Waals surface area contributed by atoms with Crippen molar-refractivity contribution in [2.75, 3.05) is 26.9 Å². The van der Waals surface area contributed by atoms with Crippen LogP contribution in [0.4, 0.5) is 0 Å². The third-order valence-electron chi connectivity index (χ3n) is 3.44. The first-order valence-corrected chi connectivity index (χ1v) is 6.81. The smallest absolute Gasteiger partial charge is 0.123 e. The van der Waals surface area contributed by atoms with E-state index < -0.39 is 0 Å². The van der Waals surface area contributed by atoms with Crippen molar-refractivity contribution in [3.8, 4) is 5.75 Å². The quantitative estimate of drug-likeness (QED) is 0.848. The van der Waals surface area contributed by atoms with Crippen molar-refractivity contribution in [3.63, 3.8) is 0 Å². The minimum absolute atomic E-state index is 0.409. The van der Waals surface area contributed by atoms with E-state index >= 15 is 0 Å². The molecule has 2 N–H and O–H groups in total. The standard InChI is InChI=1S/C14H20N2O2S/c1-10-9-18-6-5-16(10)8-12-7-11(14(15)19)3-4-13(12)17-2/h3-4,7,10H,5-6,8-9H2,1-2H3,(H2,15,19). The van der Waals surface area contributed by atoms with Crippen molar-refractivity contribution in [2.24, 2.45) is 5.73 Å². The highest BCUT2D eigenvalue weighted by Crippen LogP contribution is 2.23. The Kier molecular flexibility index (Phi) is 4.74. The predicted molar refractivity (Wildman–Crippen MR) is 79.6 cm³/mol. The maximum absolute atomic E-state index is 5.69. The minimum Gasteiger partial charge on any atom is -0.496 e. The van der Waals surface area contributed by atoms with Gasteiger partial charge in [-0.3, -0.25) is 4.90 Å². The number of ether oxygens (including phenoxy) is 2. The van der Waals surface area contributed by atoms with Crippen LogP contribution in [0.3, 0.4) is 0 Å². The van der Waals surface area contributed by atoms with E-state index in [4.69, 9.17) is 27.4 Å². The maximum Gasteiger partial charge on any atom is 0.123 e. The lowest BCUT2D eigenvalue weighted by molar-refractivity contribution is -0.00464. The molecule has 1 atom stereocenters. The lowest BCUT2D eigenvalue weighted by Gasteiger charge is -2.33. The fourth-order valence-corrected chi connectivity index (χ4v) is 2.40. The van der Waals surface area contributed by atoms with Crippen molar-refractivity contribution in [1.82, 2.24) is 4.90 Å². The SMILES string of the molecule is COc1ccc(C(N)=S)cc1CN1CCOCC1C. The summed E-state index contributed by atoms with van der Waals surface area (Å²) in [5.41, 5.74) is 7.69. The summed E-state index contributed by atoms with van der Waals surface area (Å²) in [5, 5.41) is 0. The zero-order valence-electron chi connectivity index (χ0n) is 11.4. The molecule has 1 aliphatic rings. The fraction of sp³-hybridized carbons (Fsp3) is 0.500. The average Bonchev–Trinajstić information content (AvgIpc) is 2.41. The molecule has 1 unspecified atom stereocenters. The van der Waals surface area contributed by atoms with Crippen molar-refractivity contribution in [2.45, 2.75) is 19.5 Å². The zero-order chi connectivity index (χ0) is 13.8. The van der Waals surface area contributed by atoms with Gasteiger partial charge in [-0.05, 0) is 25.1 Å². The molecular weight excluding hydrogens is 260 g/mol. The summed E-state index contributed by atoms with van der Waals surface area (Å²) in [6.45, 7) is 5.48. The summed E-state index contributed by atoms with van der Waals surface area (Å²) >= 11 is 5.03. The highest BCUT2D eigenvalue weighted by atomic mass is 32.1. The Morgan fingerprint density at radius 1 is 1.58 bits per heavy atom. The monoisotopic (exact) mass is 280 g/mol. The van der Waals surface area contributed by atoms with Gasteiger partial charge in [0, 0.05) is 30.3 Å². The van der Waals surface area contributed by atoms with Crippen molar-refractivity contribution in [1.29, 1.82) is 0 Å². The Bertz CT molecular complexity index is 465. The molecule has 1 heterocycles. The number of rotatable bonds is 4. The Morgan fingerprint density at radius 2 is 2.37 bits per heavy atom. The molecule has 5 heteroatoms. The molecule has 104 valence electrons. The number of morpholine rings is 1. The highest BCUT2D eigenvalue weighted by molar-refractivity contribution is 7.80. The summed E-state index contributed by atoms with van der Waals surface area (Å²) in [5.74, 6) is 0.874. The van der Waals surface area contributed by atoms with E-state index in [1.165, 1.54) is 0 Å². The number of hydrogen-bond acceptors (Lipinski definition) is 4. The molecule has 0 radical (unpaired) electrons. The second-order valence-electron chi connectivity index (χ2n) is 4.79. The van der Waals surface area contributed by atoms with Gasteiger partial charge >= 0.3 is 0 Å². The molecule has 4 nitrogen and oxygen atoms in total. The third-order valence-corrected chi connectivity index (χ3v) is 3.68. The molecule has 1 aromatic carbocycles. The molecule has 0 spiro atoms. The van der Waals surface area contributed by atoms with Gasteiger partial charge < -0.3 is 15.2 Å². The molecule has 0 saturated carbocycles. The van der Waals surface area contributed by atoms with Gasteiger partial charge in [0.2, 0.25) is 0 Å². The fourth-order valence-electron chi connectivity index (χ4n) is 2.27. The van der Waals surface area contributed by atoms with Gasteiger partial charge in [-0.15, -0.1) is 0 Å². The van der Waals surface area contributed by atoms with Crippen LogP contribution < -0.4 is 10.5 Å². The van der Waals surface area contributed by atoms with E-state index in [0.717, 1.165) is 43.2 Å². The second kappa shape index (κ2) is 6.32. The van der Waals surface area contributed by atoms with Gasteiger partial charge in [0.15, 0.2) is 0 Å². The molecule has 19 heavy (non-hydrogen) atoms. The summed E-state index contributed by atoms with van der Waals surface area (Å²) in [6.07, 6.45) is 0. The van der Waals surface area contributed by atoms with Gasteiger partial charge in [-0.25, -0.2) is 0 Å². The lowest BCUT2D eigenvalue weighted by atomic mass is 10.1. The highest BCUT2D eigenvalue weighted by Gasteiger charge is 2.20. The lowest BCUT2D eigenvalue weighted by Crippen LogP contribution is -2.43. The van der Waals surface area contributed by atoms with Crippen LogP contribution in [-0.4, -0.2) is 42.8 Å². The molecule has 2 rings (SSSR count). The molecule has 1 fully saturated rings. The van der Waals surface area contributed by atoms with E-state index in [1.807, 2.05) is 18.2 Å². The molecular formula is C14H20N2O2S. The second-order valence-corrected chi connectivity index (χ2v) is 5.23. The number of hydrogen-bond donors (Lipinski definition) is 1. The average molecular weight is 280 g/mol. The van der Waals surface area contributed by atoms with Crippen LogP contribution >= 0.6 is 12.2 Å². The van der Waals surface area contributed by atoms with Crippen molar-refractivity contribution < 1.29 is 9.47 Å². The summed E-state index contributed by atoms with van der Waals surface area (Å²) in [6, 6.07) is 6.25. The number of benzene rings is 1. The van der Waals surface area contributed by atoms with Crippen LogP contribution in [0.15, 0.2) is 18.2 Å². The van der Waals surface area contributed by atoms with Crippen molar-refractivity contribution in [3.05, 3.63) is 29.3 Å². The van der Waals surface area contributed by atoms with Gasteiger partial charge in [0.05, 0.1) is 20.3 Å². The van der Waals surface area contributed by atoms with E-state index in [9.17, 15) is 0 Å². The molecule has 1 aromatic rings. The molecule has 1 aliphatic heterocycles. The summed E-state index contributed by atoms with van der Waals surface area (Å²) < 4.78 is 10.9. The Hall–Kier alpha value is -1.17. The van der Waals surface area contributed by atoms with Crippen LogP contribution in [-0.2, 0) is 11.3 Å². The number of thiocarbonyl (C=S) groups is 1. The van der Waals surface area contributed by atoms with Crippen molar-refractivity contribution >= 4 is 17.2 Å².